The Kier molecular flexibility index (Phi) is 6.00. The number of rotatable bonds is 4. The zero-order valence-corrected chi connectivity index (χ0v) is 19.3. The topological polar surface area (TPSA) is 78.2 Å². The van der Waals surface area contributed by atoms with E-state index in [1.807, 2.05) is 0 Å². The number of aliphatic hydroxyl groups excluding tert-OH is 1. The van der Waals surface area contributed by atoms with E-state index >= 15 is 0 Å². The average Bonchev–Trinajstić information content (AvgIpc) is 3.54. The lowest BCUT2D eigenvalue weighted by Crippen LogP contribution is -2.56. The van der Waals surface area contributed by atoms with Crippen molar-refractivity contribution < 1.29 is 27.9 Å². The second kappa shape index (κ2) is 8.71. The Labute approximate surface area is 199 Å². The second-order valence-electron chi connectivity index (χ2n) is 9.63. The molecule has 2 aliphatic carbocycles. The molecule has 3 fully saturated rings. The van der Waals surface area contributed by atoms with Crippen LogP contribution in [0, 0.1) is 5.92 Å². The normalized spacial score (nSPS) is 24.2. The van der Waals surface area contributed by atoms with Gasteiger partial charge in [-0.05, 0) is 68.6 Å². The standard InChI is InChI=1S/C23H26ClF3N4O3/c24-20-17-10-14(9-13-1-2-13)11-18(23(25,26)27)31(17)28-21(20)22(34)29-7-8-30(19(33)12-29)15-3-5-16(32)6-4-15/h10-11,13,15-16,32H,1-9,12H2. The molecule has 7 nitrogen and oxygen atoms in total. The quantitative estimate of drug-likeness (QED) is 0.699. The van der Waals surface area contributed by atoms with Gasteiger partial charge >= 0.3 is 6.18 Å². The van der Waals surface area contributed by atoms with Crippen LogP contribution in [-0.2, 0) is 17.4 Å². The van der Waals surface area contributed by atoms with E-state index in [0.29, 0.717) is 54.6 Å². The van der Waals surface area contributed by atoms with Crippen molar-refractivity contribution in [2.45, 2.75) is 63.3 Å². The van der Waals surface area contributed by atoms with E-state index in [4.69, 9.17) is 11.6 Å². The van der Waals surface area contributed by atoms with Gasteiger partial charge in [0.05, 0.1) is 16.6 Å². The number of hydrogen-bond acceptors (Lipinski definition) is 4. The van der Waals surface area contributed by atoms with Crippen LogP contribution in [0.5, 0.6) is 0 Å². The number of halogens is 4. The van der Waals surface area contributed by atoms with Crippen LogP contribution in [0.1, 0.15) is 60.3 Å². The zero-order chi connectivity index (χ0) is 24.2. The summed E-state index contributed by atoms with van der Waals surface area (Å²) in [6.07, 6.45) is 0.205. The molecule has 1 N–H and O–H groups in total. The van der Waals surface area contributed by atoms with Gasteiger partial charge < -0.3 is 14.9 Å². The summed E-state index contributed by atoms with van der Waals surface area (Å²) >= 11 is 6.40. The Morgan fingerprint density at radius 2 is 1.82 bits per heavy atom. The van der Waals surface area contributed by atoms with E-state index < -0.39 is 17.8 Å². The molecule has 2 aromatic rings. The first kappa shape index (κ1) is 23.4. The maximum atomic E-state index is 13.8. The molecule has 3 aliphatic rings. The fourth-order valence-electron chi connectivity index (χ4n) is 5.05. The van der Waals surface area contributed by atoms with Crippen LogP contribution in [0.15, 0.2) is 12.1 Å². The summed E-state index contributed by atoms with van der Waals surface area (Å²) in [5.74, 6) is -0.498. The van der Waals surface area contributed by atoms with Gasteiger partial charge in [-0.2, -0.15) is 18.3 Å². The predicted molar refractivity (Wildman–Crippen MR) is 118 cm³/mol. The minimum absolute atomic E-state index is 0.0335. The highest BCUT2D eigenvalue weighted by Gasteiger charge is 2.38. The molecular formula is C23H26ClF3N4O3. The third kappa shape index (κ3) is 4.49. The number of amides is 2. The number of nitrogens with zero attached hydrogens (tertiary/aromatic N) is 4. The molecule has 0 spiro atoms. The second-order valence-corrected chi connectivity index (χ2v) is 10.0. The Balaban J connectivity index is 1.39. The maximum Gasteiger partial charge on any atom is 0.433 e. The fraction of sp³-hybridized carbons (Fsp3) is 0.609. The van der Waals surface area contributed by atoms with Crippen molar-refractivity contribution in [2.24, 2.45) is 5.92 Å². The molecule has 1 aliphatic heterocycles. The van der Waals surface area contributed by atoms with Crippen molar-refractivity contribution in [3.8, 4) is 0 Å². The summed E-state index contributed by atoms with van der Waals surface area (Å²) in [4.78, 5) is 29.0. The first-order valence-electron chi connectivity index (χ1n) is 11.7. The van der Waals surface area contributed by atoms with Crippen molar-refractivity contribution >= 4 is 28.9 Å². The first-order chi connectivity index (χ1) is 16.1. The highest BCUT2D eigenvalue weighted by molar-refractivity contribution is 6.36. The van der Waals surface area contributed by atoms with Crippen molar-refractivity contribution in [3.63, 3.8) is 0 Å². The van der Waals surface area contributed by atoms with E-state index in [1.165, 1.54) is 4.90 Å². The van der Waals surface area contributed by atoms with Gasteiger partial charge in [0.2, 0.25) is 5.91 Å². The van der Waals surface area contributed by atoms with E-state index in [0.717, 1.165) is 18.9 Å². The molecule has 2 aromatic heterocycles. The third-order valence-electron chi connectivity index (χ3n) is 7.10. The van der Waals surface area contributed by atoms with Crippen LogP contribution >= 0.6 is 11.6 Å². The summed E-state index contributed by atoms with van der Waals surface area (Å²) in [7, 11) is 0. The van der Waals surface area contributed by atoms with Crippen molar-refractivity contribution in [3.05, 3.63) is 34.1 Å². The number of alkyl halides is 3. The van der Waals surface area contributed by atoms with Gasteiger partial charge in [-0.15, -0.1) is 0 Å². The summed E-state index contributed by atoms with van der Waals surface area (Å²) in [6, 6.07) is 2.68. The van der Waals surface area contributed by atoms with Gasteiger partial charge in [-0.1, -0.05) is 11.6 Å². The molecule has 11 heteroatoms. The van der Waals surface area contributed by atoms with E-state index in [1.54, 1.807) is 11.0 Å². The van der Waals surface area contributed by atoms with Crippen molar-refractivity contribution in [2.75, 3.05) is 19.6 Å². The predicted octanol–water partition coefficient (Wildman–Crippen LogP) is 3.55. The maximum absolute atomic E-state index is 13.8. The minimum Gasteiger partial charge on any atom is -0.393 e. The third-order valence-corrected chi connectivity index (χ3v) is 7.47. The number of aromatic nitrogens is 2. The van der Waals surface area contributed by atoms with Gasteiger partial charge in [0, 0.05) is 19.1 Å². The smallest absolute Gasteiger partial charge is 0.393 e. The summed E-state index contributed by atoms with van der Waals surface area (Å²) < 4.78 is 42.0. The molecule has 5 rings (SSSR count). The number of hydrogen-bond donors (Lipinski definition) is 1. The molecule has 0 unspecified atom stereocenters. The van der Waals surface area contributed by atoms with Crippen LogP contribution in [0.25, 0.3) is 5.52 Å². The number of carbonyl (C=O) groups excluding carboxylic acids is 2. The Morgan fingerprint density at radius 1 is 1.12 bits per heavy atom. The summed E-state index contributed by atoms with van der Waals surface area (Å²) in [5, 5.41) is 13.5. The molecule has 0 bridgehead atoms. The molecular weight excluding hydrogens is 473 g/mol. The van der Waals surface area contributed by atoms with Gasteiger partial charge in [0.15, 0.2) is 5.69 Å². The van der Waals surface area contributed by atoms with E-state index in [-0.39, 0.29) is 47.4 Å². The van der Waals surface area contributed by atoms with Gasteiger partial charge in [-0.25, -0.2) is 4.52 Å². The average molecular weight is 499 g/mol. The van der Waals surface area contributed by atoms with Crippen LogP contribution in [-0.4, -0.2) is 68.1 Å². The first-order valence-corrected chi connectivity index (χ1v) is 12.0. The van der Waals surface area contributed by atoms with Crippen LogP contribution < -0.4 is 0 Å². The van der Waals surface area contributed by atoms with Crippen LogP contribution in [0.2, 0.25) is 5.02 Å². The largest absolute Gasteiger partial charge is 0.433 e. The number of fused-ring (bicyclic) bond motifs is 1. The molecule has 0 radical (unpaired) electrons. The zero-order valence-electron chi connectivity index (χ0n) is 18.5. The monoisotopic (exact) mass is 498 g/mol. The lowest BCUT2D eigenvalue weighted by atomic mass is 9.91. The van der Waals surface area contributed by atoms with Crippen LogP contribution in [0.4, 0.5) is 13.2 Å². The molecule has 3 heterocycles. The van der Waals surface area contributed by atoms with Gasteiger partial charge in [-0.3, -0.25) is 9.59 Å². The molecule has 184 valence electrons. The Morgan fingerprint density at radius 3 is 2.44 bits per heavy atom. The number of carbonyl (C=O) groups is 2. The highest BCUT2D eigenvalue weighted by atomic mass is 35.5. The number of pyridine rings is 1. The molecule has 0 atom stereocenters. The SMILES string of the molecule is O=C(c1nn2c(C(F)(F)F)cc(CC3CC3)cc2c1Cl)N1CCN(C2CCC(O)CC2)C(=O)C1. The van der Waals surface area contributed by atoms with Gasteiger partial charge in [0.25, 0.3) is 5.91 Å². The number of piperazine rings is 1. The minimum atomic E-state index is -4.66. The summed E-state index contributed by atoms with van der Waals surface area (Å²) in [6.45, 7) is 0.393. The molecule has 2 saturated carbocycles. The molecule has 1 saturated heterocycles. The van der Waals surface area contributed by atoms with Crippen molar-refractivity contribution in [1.82, 2.24) is 19.4 Å². The lowest BCUT2D eigenvalue weighted by molar-refractivity contribution is -0.142. The molecule has 2 amide bonds. The Hall–Kier alpha value is -2.33. The highest BCUT2D eigenvalue weighted by Crippen LogP contribution is 2.37. The van der Waals surface area contributed by atoms with Crippen LogP contribution in [0.3, 0.4) is 0 Å². The van der Waals surface area contributed by atoms with Gasteiger partial charge in [0.1, 0.15) is 12.2 Å². The lowest BCUT2D eigenvalue weighted by Gasteiger charge is -2.41. The molecule has 34 heavy (non-hydrogen) atoms. The number of aliphatic hydroxyl groups is 1. The van der Waals surface area contributed by atoms with E-state index in [2.05, 4.69) is 5.10 Å². The molecule has 0 aromatic carbocycles. The Bertz CT molecular complexity index is 1120. The van der Waals surface area contributed by atoms with Crippen molar-refractivity contribution in [1.29, 1.82) is 0 Å². The van der Waals surface area contributed by atoms with E-state index in [9.17, 15) is 27.9 Å². The summed E-state index contributed by atoms with van der Waals surface area (Å²) in [5.41, 5.74) is -0.689. The fourth-order valence-corrected chi connectivity index (χ4v) is 5.30.